The Balaban J connectivity index is 1.04. The van der Waals surface area contributed by atoms with Gasteiger partial charge in [-0.2, -0.15) is 5.43 Å². The normalized spacial score (nSPS) is 31.0. The summed E-state index contributed by atoms with van der Waals surface area (Å²) >= 11 is 0. The van der Waals surface area contributed by atoms with E-state index in [4.69, 9.17) is 15.9 Å². The standard InChI is InChI=1S/C26H32N8O/c27-25-30-26(28,31-34(25)24-21-8-14-35-23(21)7-9-29-24)19-3-5-20(6-4-19)32-10-12-33(13-11-32)22-16-17-1-2-18(22)15-17/h3-9,14,17-18,22,31H,1-2,10-13,15-16,28H2,(H2,27,30). The van der Waals surface area contributed by atoms with E-state index in [1.54, 1.807) is 17.5 Å². The fraction of sp³-hybridized carbons (Fsp3) is 0.462. The van der Waals surface area contributed by atoms with Crippen LogP contribution in [0.1, 0.15) is 31.2 Å². The van der Waals surface area contributed by atoms with Crippen LogP contribution in [-0.4, -0.2) is 48.1 Å². The van der Waals surface area contributed by atoms with Crippen LogP contribution in [0.3, 0.4) is 0 Å². The first kappa shape index (κ1) is 21.2. The van der Waals surface area contributed by atoms with E-state index in [0.29, 0.717) is 5.82 Å². The molecule has 3 fully saturated rings. The zero-order valence-electron chi connectivity index (χ0n) is 19.8. The van der Waals surface area contributed by atoms with Gasteiger partial charge in [-0.15, -0.1) is 0 Å². The number of hydrazine groups is 1. The third-order valence-electron chi connectivity index (χ3n) is 8.53. The van der Waals surface area contributed by atoms with Crippen molar-refractivity contribution in [1.29, 1.82) is 0 Å². The molecule has 2 aliphatic carbocycles. The Hall–Kier alpha value is -3.14. The lowest BCUT2D eigenvalue weighted by Crippen LogP contribution is -2.53. The number of pyridine rings is 1. The molecule has 9 heteroatoms. The highest BCUT2D eigenvalue weighted by Gasteiger charge is 2.43. The van der Waals surface area contributed by atoms with Gasteiger partial charge >= 0.3 is 0 Å². The molecule has 4 atom stereocenters. The highest BCUT2D eigenvalue weighted by Crippen LogP contribution is 2.46. The van der Waals surface area contributed by atoms with Gasteiger partial charge in [0.25, 0.3) is 0 Å². The second-order valence-electron chi connectivity index (χ2n) is 10.5. The van der Waals surface area contributed by atoms with Crippen molar-refractivity contribution in [3.63, 3.8) is 0 Å². The van der Waals surface area contributed by atoms with Crippen LogP contribution in [-0.2, 0) is 5.79 Å². The molecule has 2 aliphatic heterocycles. The minimum absolute atomic E-state index is 0.259. The van der Waals surface area contributed by atoms with Crippen LogP contribution in [0.5, 0.6) is 0 Å². The Morgan fingerprint density at radius 1 is 1.00 bits per heavy atom. The third kappa shape index (κ3) is 3.49. The van der Waals surface area contributed by atoms with Gasteiger partial charge in [-0.25, -0.2) is 15.0 Å². The minimum atomic E-state index is -1.17. The molecule has 0 spiro atoms. The molecule has 7 rings (SSSR count). The van der Waals surface area contributed by atoms with Crippen LogP contribution < -0.4 is 26.8 Å². The third-order valence-corrected chi connectivity index (χ3v) is 8.53. The van der Waals surface area contributed by atoms with E-state index in [-0.39, 0.29) is 5.96 Å². The van der Waals surface area contributed by atoms with Gasteiger partial charge in [-0.1, -0.05) is 18.6 Å². The lowest BCUT2D eigenvalue weighted by molar-refractivity contribution is 0.135. The maximum Gasteiger partial charge on any atom is 0.215 e. The van der Waals surface area contributed by atoms with Crippen molar-refractivity contribution >= 4 is 28.4 Å². The van der Waals surface area contributed by atoms with Crippen molar-refractivity contribution in [3.8, 4) is 0 Å². The van der Waals surface area contributed by atoms with Crippen LogP contribution >= 0.6 is 0 Å². The van der Waals surface area contributed by atoms with Gasteiger partial charge in [0.15, 0.2) is 5.82 Å². The Bertz CT molecular complexity index is 1260. The fourth-order valence-electron chi connectivity index (χ4n) is 6.73. The molecule has 4 unspecified atom stereocenters. The Morgan fingerprint density at radius 2 is 1.83 bits per heavy atom. The number of piperazine rings is 1. The number of aromatic nitrogens is 1. The number of nitrogens with zero attached hydrogens (tertiary/aromatic N) is 5. The van der Waals surface area contributed by atoms with Crippen molar-refractivity contribution in [2.45, 2.75) is 37.5 Å². The summed E-state index contributed by atoms with van der Waals surface area (Å²) in [4.78, 5) is 14.3. The summed E-state index contributed by atoms with van der Waals surface area (Å²) < 4.78 is 5.49. The van der Waals surface area contributed by atoms with E-state index in [1.807, 2.05) is 24.3 Å². The number of hydrogen-bond donors (Lipinski definition) is 3. The van der Waals surface area contributed by atoms with Crippen molar-refractivity contribution in [2.24, 2.45) is 28.3 Å². The second kappa shape index (κ2) is 7.94. The molecule has 4 aliphatic rings. The maximum atomic E-state index is 6.67. The van der Waals surface area contributed by atoms with E-state index in [9.17, 15) is 0 Å². The molecule has 0 radical (unpaired) electrons. The molecule has 5 N–H and O–H groups in total. The van der Waals surface area contributed by atoms with Gasteiger partial charge in [0.1, 0.15) is 5.58 Å². The molecule has 0 amide bonds. The summed E-state index contributed by atoms with van der Waals surface area (Å²) in [5.41, 5.74) is 19.0. The number of guanidine groups is 1. The van der Waals surface area contributed by atoms with Gasteiger partial charge in [0, 0.05) is 49.7 Å². The molecule has 1 aromatic carbocycles. The Labute approximate surface area is 204 Å². The first-order valence-corrected chi connectivity index (χ1v) is 12.7. The zero-order chi connectivity index (χ0) is 23.6. The summed E-state index contributed by atoms with van der Waals surface area (Å²) in [6.07, 6.45) is 9.12. The second-order valence-corrected chi connectivity index (χ2v) is 10.5. The quantitative estimate of drug-likeness (QED) is 0.531. The molecule has 4 heterocycles. The molecule has 2 bridgehead atoms. The van der Waals surface area contributed by atoms with E-state index >= 15 is 0 Å². The number of aliphatic imine (C=N–C) groups is 1. The van der Waals surface area contributed by atoms with E-state index < -0.39 is 5.79 Å². The molecule has 2 saturated carbocycles. The largest absolute Gasteiger partial charge is 0.464 e. The summed E-state index contributed by atoms with van der Waals surface area (Å²) in [5, 5.41) is 2.46. The van der Waals surface area contributed by atoms with Crippen LogP contribution in [0.25, 0.3) is 11.0 Å². The van der Waals surface area contributed by atoms with E-state index in [0.717, 1.165) is 60.6 Å². The van der Waals surface area contributed by atoms with Crippen molar-refractivity contribution in [3.05, 3.63) is 54.4 Å². The molecular formula is C26H32N8O. The number of nitrogens with two attached hydrogens (primary N) is 2. The van der Waals surface area contributed by atoms with E-state index in [2.05, 4.69) is 37.3 Å². The average molecular weight is 473 g/mol. The minimum Gasteiger partial charge on any atom is -0.464 e. The van der Waals surface area contributed by atoms with Gasteiger partial charge in [-0.3, -0.25) is 10.6 Å². The highest BCUT2D eigenvalue weighted by molar-refractivity contribution is 6.02. The first-order chi connectivity index (χ1) is 17.1. The Kier molecular flexibility index (Phi) is 4.80. The van der Waals surface area contributed by atoms with Crippen LogP contribution in [0, 0.1) is 11.8 Å². The number of rotatable bonds is 4. The summed E-state index contributed by atoms with van der Waals surface area (Å²) in [7, 11) is 0. The van der Waals surface area contributed by atoms with Crippen LogP contribution in [0.2, 0.25) is 0 Å². The van der Waals surface area contributed by atoms with Gasteiger partial charge in [0.2, 0.25) is 11.7 Å². The van der Waals surface area contributed by atoms with E-state index in [1.165, 1.54) is 31.4 Å². The summed E-state index contributed by atoms with van der Waals surface area (Å²) in [6.45, 7) is 4.44. The molecule has 2 aromatic heterocycles. The Morgan fingerprint density at radius 3 is 2.57 bits per heavy atom. The molecular weight excluding hydrogens is 440 g/mol. The van der Waals surface area contributed by atoms with Gasteiger partial charge < -0.3 is 15.1 Å². The van der Waals surface area contributed by atoms with Crippen LogP contribution in [0.4, 0.5) is 11.5 Å². The van der Waals surface area contributed by atoms with Gasteiger partial charge in [0.05, 0.1) is 11.6 Å². The summed E-state index contributed by atoms with van der Waals surface area (Å²) in [6, 6.07) is 12.9. The molecule has 182 valence electrons. The monoisotopic (exact) mass is 472 g/mol. The van der Waals surface area contributed by atoms with Crippen molar-refractivity contribution < 1.29 is 4.42 Å². The van der Waals surface area contributed by atoms with Crippen LogP contribution in [0.15, 0.2) is 58.3 Å². The summed E-state index contributed by atoms with van der Waals surface area (Å²) in [5.74, 6) is 1.65. The predicted octanol–water partition coefficient (Wildman–Crippen LogP) is 2.55. The zero-order valence-corrected chi connectivity index (χ0v) is 19.8. The number of hydrogen-bond acceptors (Lipinski definition) is 9. The predicted molar refractivity (Wildman–Crippen MR) is 137 cm³/mol. The molecule has 9 nitrogen and oxygen atoms in total. The number of furan rings is 1. The maximum absolute atomic E-state index is 6.67. The highest BCUT2D eigenvalue weighted by atomic mass is 16.3. The average Bonchev–Trinajstić information content (AvgIpc) is 3.68. The van der Waals surface area contributed by atoms with Crippen molar-refractivity contribution in [1.82, 2.24) is 15.3 Å². The SMILES string of the molecule is NC1=NC(N)(c2ccc(N3CCN(C4CC5CCC4C5)CC3)cc2)NN1c1nccc2occc12. The lowest BCUT2D eigenvalue weighted by atomic mass is 9.93. The fourth-order valence-corrected chi connectivity index (χ4v) is 6.73. The lowest BCUT2D eigenvalue weighted by Gasteiger charge is -2.42. The molecule has 3 aromatic rings. The topological polar surface area (TPSA) is 112 Å². The number of benzene rings is 1. The van der Waals surface area contributed by atoms with Gasteiger partial charge in [-0.05, 0) is 55.4 Å². The molecule has 35 heavy (non-hydrogen) atoms. The number of fused-ring (bicyclic) bond motifs is 3. The molecule has 1 saturated heterocycles. The smallest absolute Gasteiger partial charge is 0.215 e. The van der Waals surface area contributed by atoms with Crippen molar-refractivity contribution in [2.75, 3.05) is 36.1 Å². The number of nitrogens with one attached hydrogen (secondary N) is 1. The number of anilines is 2. The first-order valence-electron chi connectivity index (χ1n) is 12.7.